The first-order chi connectivity index (χ1) is 10.7. The van der Waals surface area contributed by atoms with E-state index in [1.807, 2.05) is 30.3 Å². The Balaban J connectivity index is 1.61. The number of hydrogen-bond donors (Lipinski definition) is 2. The summed E-state index contributed by atoms with van der Waals surface area (Å²) in [7, 11) is 0. The van der Waals surface area contributed by atoms with Gasteiger partial charge < -0.3 is 10.3 Å². The first kappa shape index (κ1) is 13.1. The minimum Gasteiger partial charge on any atom is -0.351 e. The van der Waals surface area contributed by atoms with Crippen LogP contribution in [0, 0.1) is 5.82 Å². The standard InChI is InChI=1S/C18H15FN2O/c19-14-6-7-15-12(10-14)11-16(20-15)17(22)21-18(8-9-18)13-4-2-1-3-5-13/h1-7,10-11,20H,8-9H2,(H,21,22). The minimum absolute atomic E-state index is 0.155. The molecule has 1 amide bonds. The topological polar surface area (TPSA) is 44.9 Å². The van der Waals surface area contributed by atoms with E-state index < -0.39 is 0 Å². The van der Waals surface area contributed by atoms with Gasteiger partial charge in [-0.3, -0.25) is 4.79 Å². The Bertz CT molecular complexity index is 850. The number of carbonyl (C=O) groups is 1. The summed E-state index contributed by atoms with van der Waals surface area (Å²) in [6.45, 7) is 0. The van der Waals surface area contributed by atoms with Crippen LogP contribution in [0.25, 0.3) is 10.9 Å². The molecule has 110 valence electrons. The quantitative estimate of drug-likeness (QED) is 0.759. The summed E-state index contributed by atoms with van der Waals surface area (Å²) in [4.78, 5) is 15.5. The van der Waals surface area contributed by atoms with Crippen LogP contribution in [0.5, 0.6) is 0 Å². The molecule has 1 heterocycles. The van der Waals surface area contributed by atoms with Crippen molar-refractivity contribution in [3.63, 3.8) is 0 Å². The van der Waals surface area contributed by atoms with E-state index in [4.69, 9.17) is 0 Å². The predicted octanol–water partition coefficient (Wildman–Crippen LogP) is 3.73. The average molecular weight is 294 g/mol. The molecule has 0 bridgehead atoms. The zero-order valence-corrected chi connectivity index (χ0v) is 11.9. The highest BCUT2D eigenvalue weighted by molar-refractivity contribution is 5.98. The molecule has 22 heavy (non-hydrogen) atoms. The molecule has 4 rings (SSSR count). The largest absolute Gasteiger partial charge is 0.351 e. The van der Waals surface area contributed by atoms with E-state index in [1.165, 1.54) is 12.1 Å². The number of amides is 1. The summed E-state index contributed by atoms with van der Waals surface area (Å²) in [5.41, 5.74) is 2.10. The molecule has 2 aromatic carbocycles. The van der Waals surface area contributed by atoms with Crippen LogP contribution in [-0.2, 0) is 5.54 Å². The third kappa shape index (κ3) is 2.17. The molecule has 1 fully saturated rings. The third-order valence-corrected chi connectivity index (χ3v) is 4.26. The van der Waals surface area contributed by atoms with Crippen LogP contribution in [0.1, 0.15) is 28.9 Å². The van der Waals surface area contributed by atoms with E-state index in [0.29, 0.717) is 11.1 Å². The Hall–Kier alpha value is -2.62. The van der Waals surface area contributed by atoms with Crippen LogP contribution in [0.2, 0.25) is 0 Å². The number of hydrogen-bond acceptors (Lipinski definition) is 1. The zero-order chi connectivity index (χ0) is 15.2. The summed E-state index contributed by atoms with van der Waals surface area (Å²) in [5, 5.41) is 3.82. The molecule has 0 atom stereocenters. The van der Waals surface area contributed by atoms with Crippen molar-refractivity contribution >= 4 is 16.8 Å². The number of aromatic amines is 1. The fourth-order valence-corrected chi connectivity index (χ4v) is 2.88. The lowest BCUT2D eigenvalue weighted by atomic mass is 10.0. The highest BCUT2D eigenvalue weighted by Crippen LogP contribution is 2.45. The molecule has 1 aromatic heterocycles. The van der Waals surface area contributed by atoms with Gasteiger partial charge in [-0.25, -0.2) is 4.39 Å². The van der Waals surface area contributed by atoms with Crippen molar-refractivity contribution in [2.24, 2.45) is 0 Å². The lowest BCUT2D eigenvalue weighted by Crippen LogP contribution is -2.34. The first-order valence-electron chi connectivity index (χ1n) is 7.33. The summed E-state index contributed by atoms with van der Waals surface area (Å²) in [5.74, 6) is -0.459. The highest BCUT2D eigenvalue weighted by atomic mass is 19.1. The van der Waals surface area contributed by atoms with Crippen molar-refractivity contribution in [3.05, 3.63) is 71.7 Å². The zero-order valence-electron chi connectivity index (χ0n) is 11.9. The van der Waals surface area contributed by atoms with Crippen LogP contribution in [0.3, 0.4) is 0 Å². The van der Waals surface area contributed by atoms with E-state index in [-0.39, 0.29) is 17.3 Å². The Morgan fingerprint density at radius 2 is 1.86 bits per heavy atom. The van der Waals surface area contributed by atoms with Gasteiger partial charge in [0.25, 0.3) is 5.91 Å². The summed E-state index contributed by atoms with van der Waals surface area (Å²) in [6.07, 6.45) is 1.88. The van der Waals surface area contributed by atoms with Crippen molar-refractivity contribution in [1.82, 2.24) is 10.3 Å². The van der Waals surface area contributed by atoms with Crippen molar-refractivity contribution in [2.45, 2.75) is 18.4 Å². The Kier molecular flexibility index (Phi) is 2.79. The number of halogens is 1. The average Bonchev–Trinajstić information content (AvgIpc) is 3.18. The molecular formula is C18H15FN2O. The van der Waals surface area contributed by atoms with Gasteiger partial charge in [0.1, 0.15) is 11.5 Å². The van der Waals surface area contributed by atoms with Gasteiger partial charge in [0, 0.05) is 10.9 Å². The maximum atomic E-state index is 13.2. The van der Waals surface area contributed by atoms with Gasteiger partial charge in [-0.05, 0) is 42.7 Å². The molecule has 2 N–H and O–H groups in total. The van der Waals surface area contributed by atoms with E-state index >= 15 is 0 Å². The van der Waals surface area contributed by atoms with Crippen LogP contribution in [0.4, 0.5) is 4.39 Å². The lowest BCUT2D eigenvalue weighted by molar-refractivity contribution is 0.0926. The molecule has 3 aromatic rings. The number of fused-ring (bicyclic) bond motifs is 1. The first-order valence-corrected chi connectivity index (χ1v) is 7.33. The fourth-order valence-electron chi connectivity index (χ4n) is 2.88. The molecule has 3 nitrogen and oxygen atoms in total. The molecule has 1 aliphatic rings. The Morgan fingerprint density at radius 1 is 1.09 bits per heavy atom. The molecule has 4 heteroatoms. The number of nitrogens with one attached hydrogen (secondary N) is 2. The number of H-pyrrole nitrogens is 1. The summed E-state index contributed by atoms with van der Waals surface area (Å²) >= 11 is 0. The Labute approximate surface area is 127 Å². The molecule has 0 saturated heterocycles. The van der Waals surface area contributed by atoms with Crippen LogP contribution >= 0.6 is 0 Å². The monoisotopic (exact) mass is 294 g/mol. The van der Waals surface area contributed by atoms with Crippen LogP contribution in [-0.4, -0.2) is 10.9 Å². The maximum absolute atomic E-state index is 13.2. The van der Waals surface area contributed by atoms with Crippen molar-refractivity contribution in [1.29, 1.82) is 0 Å². The molecule has 1 saturated carbocycles. The van der Waals surface area contributed by atoms with E-state index in [2.05, 4.69) is 10.3 Å². The van der Waals surface area contributed by atoms with E-state index in [0.717, 1.165) is 23.9 Å². The van der Waals surface area contributed by atoms with Gasteiger partial charge in [0.2, 0.25) is 0 Å². The third-order valence-electron chi connectivity index (χ3n) is 4.26. The second kappa shape index (κ2) is 4.70. The minimum atomic E-state index is -0.304. The van der Waals surface area contributed by atoms with Gasteiger partial charge in [0.05, 0.1) is 5.54 Å². The molecule has 0 aliphatic heterocycles. The molecule has 0 radical (unpaired) electrons. The SMILES string of the molecule is O=C(NC1(c2ccccc2)CC1)c1cc2cc(F)ccc2[nH]1. The Morgan fingerprint density at radius 3 is 2.59 bits per heavy atom. The molecule has 0 unspecified atom stereocenters. The van der Waals surface area contributed by atoms with E-state index in [1.54, 1.807) is 12.1 Å². The van der Waals surface area contributed by atoms with Crippen molar-refractivity contribution in [3.8, 4) is 0 Å². The normalized spacial score (nSPS) is 15.7. The second-order valence-corrected chi connectivity index (χ2v) is 5.82. The second-order valence-electron chi connectivity index (χ2n) is 5.82. The van der Waals surface area contributed by atoms with Crippen molar-refractivity contribution < 1.29 is 9.18 Å². The molecule has 0 spiro atoms. The van der Waals surface area contributed by atoms with Gasteiger partial charge in [0.15, 0.2) is 0 Å². The van der Waals surface area contributed by atoms with Gasteiger partial charge in [-0.2, -0.15) is 0 Å². The maximum Gasteiger partial charge on any atom is 0.268 e. The molecule has 1 aliphatic carbocycles. The van der Waals surface area contributed by atoms with E-state index in [9.17, 15) is 9.18 Å². The fraction of sp³-hybridized carbons (Fsp3) is 0.167. The summed E-state index contributed by atoms with van der Waals surface area (Å²) in [6, 6.07) is 16.1. The number of aromatic nitrogens is 1. The molecular weight excluding hydrogens is 279 g/mol. The number of carbonyl (C=O) groups excluding carboxylic acids is 1. The number of rotatable bonds is 3. The number of benzene rings is 2. The highest BCUT2D eigenvalue weighted by Gasteiger charge is 2.45. The smallest absolute Gasteiger partial charge is 0.268 e. The van der Waals surface area contributed by atoms with Gasteiger partial charge in [-0.15, -0.1) is 0 Å². The van der Waals surface area contributed by atoms with Crippen LogP contribution in [0.15, 0.2) is 54.6 Å². The van der Waals surface area contributed by atoms with Gasteiger partial charge in [-0.1, -0.05) is 30.3 Å². The summed E-state index contributed by atoms with van der Waals surface area (Å²) < 4.78 is 13.2. The van der Waals surface area contributed by atoms with Gasteiger partial charge >= 0.3 is 0 Å². The predicted molar refractivity (Wildman–Crippen MR) is 83.1 cm³/mol. The van der Waals surface area contributed by atoms with Crippen LogP contribution < -0.4 is 5.32 Å². The lowest BCUT2D eigenvalue weighted by Gasteiger charge is -2.17. The van der Waals surface area contributed by atoms with Crippen molar-refractivity contribution in [2.75, 3.05) is 0 Å².